The van der Waals surface area contributed by atoms with Crippen LogP contribution in [0, 0.1) is 11.8 Å². The number of halogens is 1. The first-order chi connectivity index (χ1) is 9.78. The molecule has 1 aliphatic heterocycles. The first-order valence-electron chi connectivity index (χ1n) is 7.88. The number of benzene rings is 1. The van der Waals surface area contributed by atoms with Crippen LogP contribution >= 0.6 is 11.6 Å². The molecule has 0 aromatic heterocycles. The van der Waals surface area contributed by atoms with E-state index in [1.54, 1.807) is 0 Å². The van der Waals surface area contributed by atoms with Crippen LogP contribution in [0.2, 0.25) is 5.02 Å². The number of hydrogen-bond donors (Lipinski definition) is 1. The second-order valence-corrected chi connectivity index (χ2v) is 6.58. The zero-order chi connectivity index (χ0) is 13.9. The lowest BCUT2D eigenvalue weighted by Crippen LogP contribution is -2.32. The molecule has 1 saturated heterocycles. The molecule has 3 rings (SSSR count). The van der Waals surface area contributed by atoms with Gasteiger partial charge in [0.2, 0.25) is 0 Å². The van der Waals surface area contributed by atoms with Crippen LogP contribution in [0.3, 0.4) is 0 Å². The summed E-state index contributed by atoms with van der Waals surface area (Å²) in [7, 11) is 0. The molecule has 1 saturated carbocycles. The molecule has 0 radical (unpaired) electrons. The van der Waals surface area contributed by atoms with Gasteiger partial charge in [0.05, 0.1) is 6.10 Å². The van der Waals surface area contributed by atoms with Crippen molar-refractivity contribution in [2.75, 3.05) is 13.2 Å². The molecule has 0 spiro atoms. The van der Waals surface area contributed by atoms with Crippen LogP contribution in [-0.2, 0) is 4.74 Å². The van der Waals surface area contributed by atoms with Crippen LogP contribution in [0.1, 0.15) is 44.2 Å². The van der Waals surface area contributed by atoms with Crippen LogP contribution in [-0.4, -0.2) is 19.3 Å². The summed E-state index contributed by atoms with van der Waals surface area (Å²) >= 11 is 5.99. The standard InChI is InChI=1S/C17H24ClNO/c1-2-16-14(9-10-20-16)11-19-17(12-3-4-12)13-5-7-15(18)8-6-13/h5-8,12,14,16-17,19H,2-4,9-11H2,1H3. The highest BCUT2D eigenvalue weighted by Gasteiger charge is 2.34. The minimum Gasteiger partial charge on any atom is -0.378 e. The third-order valence-electron chi connectivity index (χ3n) is 4.67. The fourth-order valence-corrected chi connectivity index (χ4v) is 3.44. The highest BCUT2D eigenvalue weighted by Crippen LogP contribution is 2.41. The number of nitrogens with one attached hydrogen (secondary N) is 1. The zero-order valence-corrected chi connectivity index (χ0v) is 12.9. The fraction of sp³-hybridized carbons (Fsp3) is 0.647. The normalized spacial score (nSPS) is 27.7. The molecule has 3 atom stereocenters. The van der Waals surface area contributed by atoms with Crippen molar-refractivity contribution in [1.82, 2.24) is 5.32 Å². The van der Waals surface area contributed by atoms with Crippen molar-refractivity contribution in [1.29, 1.82) is 0 Å². The molecule has 1 heterocycles. The fourth-order valence-electron chi connectivity index (χ4n) is 3.31. The molecule has 1 aromatic carbocycles. The largest absolute Gasteiger partial charge is 0.378 e. The van der Waals surface area contributed by atoms with E-state index in [4.69, 9.17) is 16.3 Å². The molecule has 20 heavy (non-hydrogen) atoms. The van der Waals surface area contributed by atoms with Gasteiger partial charge in [0.1, 0.15) is 0 Å². The Hall–Kier alpha value is -0.570. The van der Waals surface area contributed by atoms with Gasteiger partial charge < -0.3 is 10.1 Å². The topological polar surface area (TPSA) is 21.3 Å². The van der Waals surface area contributed by atoms with E-state index in [0.29, 0.717) is 18.1 Å². The maximum absolute atomic E-state index is 5.99. The Balaban J connectivity index is 1.61. The second kappa shape index (κ2) is 6.46. The summed E-state index contributed by atoms with van der Waals surface area (Å²) in [5, 5.41) is 4.62. The van der Waals surface area contributed by atoms with Gasteiger partial charge in [0.25, 0.3) is 0 Å². The predicted octanol–water partition coefficient (Wildman–Crippen LogP) is 4.20. The Morgan fingerprint density at radius 2 is 2.00 bits per heavy atom. The van der Waals surface area contributed by atoms with Crippen molar-refractivity contribution in [2.24, 2.45) is 11.8 Å². The molecule has 3 unspecified atom stereocenters. The summed E-state index contributed by atoms with van der Waals surface area (Å²) in [6.45, 7) is 4.22. The van der Waals surface area contributed by atoms with E-state index >= 15 is 0 Å². The molecular weight excluding hydrogens is 270 g/mol. The van der Waals surface area contributed by atoms with E-state index in [1.807, 2.05) is 12.1 Å². The van der Waals surface area contributed by atoms with E-state index < -0.39 is 0 Å². The van der Waals surface area contributed by atoms with Crippen molar-refractivity contribution >= 4 is 11.6 Å². The lowest BCUT2D eigenvalue weighted by molar-refractivity contribution is 0.0864. The van der Waals surface area contributed by atoms with Gasteiger partial charge in [-0.15, -0.1) is 0 Å². The van der Waals surface area contributed by atoms with E-state index in [9.17, 15) is 0 Å². The smallest absolute Gasteiger partial charge is 0.0613 e. The lowest BCUT2D eigenvalue weighted by Gasteiger charge is -2.23. The van der Waals surface area contributed by atoms with E-state index in [2.05, 4.69) is 24.4 Å². The first-order valence-corrected chi connectivity index (χ1v) is 8.26. The third kappa shape index (κ3) is 3.36. The van der Waals surface area contributed by atoms with Crippen LogP contribution in [0.25, 0.3) is 0 Å². The number of ether oxygens (including phenoxy) is 1. The Labute approximate surface area is 126 Å². The molecule has 1 aromatic rings. The van der Waals surface area contributed by atoms with Gasteiger partial charge in [0, 0.05) is 24.2 Å². The summed E-state index contributed by atoms with van der Waals surface area (Å²) in [4.78, 5) is 0. The van der Waals surface area contributed by atoms with Crippen LogP contribution < -0.4 is 5.32 Å². The monoisotopic (exact) mass is 293 g/mol. The minimum absolute atomic E-state index is 0.451. The Morgan fingerprint density at radius 3 is 2.65 bits per heavy atom. The van der Waals surface area contributed by atoms with Crippen molar-refractivity contribution in [3.8, 4) is 0 Å². The summed E-state index contributed by atoms with van der Waals surface area (Å²) in [6, 6.07) is 8.83. The molecule has 2 fully saturated rings. The van der Waals surface area contributed by atoms with Crippen molar-refractivity contribution in [3.05, 3.63) is 34.9 Å². The van der Waals surface area contributed by atoms with Crippen molar-refractivity contribution in [2.45, 2.75) is 44.8 Å². The molecule has 0 amide bonds. The van der Waals surface area contributed by atoms with Crippen molar-refractivity contribution < 1.29 is 4.74 Å². The Morgan fingerprint density at radius 1 is 1.25 bits per heavy atom. The van der Waals surface area contributed by atoms with Gasteiger partial charge in [-0.2, -0.15) is 0 Å². The Bertz CT molecular complexity index is 429. The van der Waals surface area contributed by atoms with Gasteiger partial charge in [-0.05, 0) is 55.2 Å². The molecule has 2 nitrogen and oxygen atoms in total. The van der Waals surface area contributed by atoms with Gasteiger partial charge in [-0.25, -0.2) is 0 Å². The van der Waals surface area contributed by atoms with Gasteiger partial charge in [0.15, 0.2) is 0 Å². The van der Waals surface area contributed by atoms with Gasteiger partial charge in [-0.1, -0.05) is 30.7 Å². The summed E-state index contributed by atoms with van der Waals surface area (Å²) in [5.74, 6) is 1.48. The lowest BCUT2D eigenvalue weighted by atomic mass is 9.97. The molecule has 3 heteroatoms. The molecular formula is C17H24ClNO. The predicted molar refractivity (Wildman–Crippen MR) is 83.1 cm³/mol. The molecule has 0 bridgehead atoms. The zero-order valence-electron chi connectivity index (χ0n) is 12.1. The third-order valence-corrected chi connectivity index (χ3v) is 4.92. The maximum atomic E-state index is 5.99. The molecule has 2 aliphatic rings. The molecule has 110 valence electrons. The SMILES string of the molecule is CCC1OCCC1CNC(c1ccc(Cl)cc1)C1CC1. The highest BCUT2D eigenvalue weighted by molar-refractivity contribution is 6.30. The van der Waals surface area contributed by atoms with E-state index in [-0.39, 0.29) is 0 Å². The molecule has 1 N–H and O–H groups in total. The highest BCUT2D eigenvalue weighted by atomic mass is 35.5. The number of hydrogen-bond acceptors (Lipinski definition) is 2. The summed E-state index contributed by atoms with van der Waals surface area (Å²) < 4.78 is 5.79. The van der Waals surface area contributed by atoms with E-state index in [0.717, 1.165) is 30.5 Å². The van der Waals surface area contributed by atoms with Crippen LogP contribution in [0.15, 0.2) is 24.3 Å². The summed E-state index contributed by atoms with van der Waals surface area (Å²) in [6.07, 6.45) is 5.47. The second-order valence-electron chi connectivity index (χ2n) is 6.14. The number of rotatable bonds is 6. The van der Waals surface area contributed by atoms with Gasteiger partial charge in [-0.3, -0.25) is 0 Å². The van der Waals surface area contributed by atoms with Crippen LogP contribution in [0.4, 0.5) is 0 Å². The average Bonchev–Trinajstić information content (AvgIpc) is 3.19. The van der Waals surface area contributed by atoms with Crippen LogP contribution in [0.5, 0.6) is 0 Å². The molecule has 1 aliphatic carbocycles. The summed E-state index contributed by atoms with van der Waals surface area (Å²) in [5.41, 5.74) is 1.38. The quantitative estimate of drug-likeness (QED) is 0.849. The van der Waals surface area contributed by atoms with Crippen molar-refractivity contribution in [3.63, 3.8) is 0 Å². The van der Waals surface area contributed by atoms with E-state index in [1.165, 1.54) is 24.8 Å². The average molecular weight is 294 g/mol. The first kappa shape index (κ1) is 14.4. The van der Waals surface area contributed by atoms with Gasteiger partial charge >= 0.3 is 0 Å². The maximum Gasteiger partial charge on any atom is 0.0613 e. The Kier molecular flexibility index (Phi) is 4.65. The minimum atomic E-state index is 0.451.